The number of likely N-dealkylation sites (N-methyl/N-ethyl adjacent to an activating group) is 1. The molecular formula is C13H17BrN2O2. The highest BCUT2D eigenvalue weighted by Crippen LogP contribution is 2.35. The Kier molecular flexibility index (Phi) is 4.24. The van der Waals surface area contributed by atoms with Gasteiger partial charge in [0.2, 0.25) is 5.91 Å². The quantitative estimate of drug-likeness (QED) is 0.800. The van der Waals surface area contributed by atoms with Crippen LogP contribution in [-0.4, -0.2) is 39.8 Å². The van der Waals surface area contributed by atoms with Crippen LogP contribution in [0.4, 0.5) is 11.4 Å². The summed E-state index contributed by atoms with van der Waals surface area (Å²) in [6, 6.07) is 5.99. The van der Waals surface area contributed by atoms with Gasteiger partial charge in [-0.3, -0.25) is 4.79 Å². The Hall–Kier alpha value is -1.07. The number of rotatable bonds is 4. The summed E-state index contributed by atoms with van der Waals surface area (Å²) in [4.78, 5) is 15.8. The molecule has 1 aromatic rings. The van der Waals surface area contributed by atoms with Gasteiger partial charge < -0.3 is 14.5 Å². The second kappa shape index (κ2) is 5.71. The van der Waals surface area contributed by atoms with Gasteiger partial charge in [-0.15, -0.1) is 0 Å². The Morgan fingerprint density at radius 2 is 2.17 bits per heavy atom. The van der Waals surface area contributed by atoms with E-state index >= 15 is 0 Å². The molecule has 0 radical (unpaired) electrons. The predicted molar refractivity (Wildman–Crippen MR) is 76.3 cm³/mol. The molecule has 0 spiro atoms. The van der Waals surface area contributed by atoms with Crippen LogP contribution in [0.25, 0.3) is 0 Å². The molecule has 0 bridgehead atoms. The topological polar surface area (TPSA) is 32.8 Å². The predicted octanol–water partition coefficient (Wildman–Crippen LogP) is 2.27. The van der Waals surface area contributed by atoms with Gasteiger partial charge in [0.15, 0.2) is 0 Å². The number of hydrogen-bond acceptors (Lipinski definition) is 3. The van der Waals surface area contributed by atoms with Crippen LogP contribution in [0.15, 0.2) is 22.7 Å². The highest BCUT2D eigenvalue weighted by atomic mass is 79.9. The third-order valence-electron chi connectivity index (χ3n) is 3.12. The van der Waals surface area contributed by atoms with E-state index in [0.717, 1.165) is 28.8 Å². The molecule has 0 fully saturated rings. The fourth-order valence-electron chi connectivity index (χ4n) is 2.12. The number of anilines is 2. The molecule has 1 aliphatic heterocycles. The molecule has 1 aromatic carbocycles. The summed E-state index contributed by atoms with van der Waals surface area (Å²) < 4.78 is 6.09. The van der Waals surface area contributed by atoms with E-state index in [9.17, 15) is 4.79 Å². The molecule has 18 heavy (non-hydrogen) atoms. The number of nitrogens with zero attached hydrogens (tertiary/aromatic N) is 2. The number of methoxy groups -OCH3 is 1. The van der Waals surface area contributed by atoms with E-state index in [-0.39, 0.29) is 5.91 Å². The number of carbonyl (C=O) groups excluding carboxylic acids is 1. The summed E-state index contributed by atoms with van der Waals surface area (Å²) in [5, 5.41) is 0. The number of halogens is 1. The summed E-state index contributed by atoms with van der Waals surface area (Å²) in [6.45, 7) is 1.98. The zero-order valence-electron chi connectivity index (χ0n) is 10.6. The number of benzene rings is 1. The minimum atomic E-state index is 0.127. The zero-order valence-corrected chi connectivity index (χ0v) is 12.2. The summed E-state index contributed by atoms with van der Waals surface area (Å²) in [5.41, 5.74) is 2.06. The highest BCUT2D eigenvalue weighted by molar-refractivity contribution is 9.10. The van der Waals surface area contributed by atoms with Crippen molar-refractivity contribution in [3.05, 3.63) is 22.7 Å². The summed E-state index contributed by atoms with van der Waals surface area (Å²) >= 11 is 3.48. The molecule has 0 N–H and O–H groups in total. The number of hydrogen-bond donors (Lipinski definition) is 0. The van der Waals surface area contributed by atoms with E-state index in [1.165, 1.54) is 0 Å². The SMILES string of the molecule is COCCCN1CC(=O)N(C)c2ccc(Br)cc21. The molecule has 0 atom stereocenters. The smallest absolute Gasteiger partial charge is 0.246 e. The molecule has 0 saturated heterocycles. The Labute approximate surface area is 116 Å². The van der Waals surface area contributed by atoms with Crippen molar-refractivity contribution in [1.82, 2.24) is 0 Å². The highest BCUT2D eigenvalue weighted by Gasteiger charge is 2.26. The molecular weight excluding hydrogens is 296 g/mol. The van der Waals surface area contributed by atoms with Crippen molar-refractivity contribution in [2.24, 2.45) is 0 Å². The molecule has 1 amide bonds. The molecule has 2 rings (SSSR count). The van der Waals surface area contributed by atoms with Gasteiger partial charge in [0, 0.05) is 31.8 Å². The van der Waals surface area contributed by atoms with E-state index in [4.69, 9.17) is 4.74 Å². The standard InChI is InChI=1S/C13H17BrN2O2/c1-15-11-5-4-10(14)8-12(11)16(9-13(15)17)6-3-7-18-2/h4-5,8H,3,6-7,9H2,1-2H3. The largest absolute Gasteiger partial charge is 0.385 e. The van der Waals surface area contributed by atoms with Crippen molar-refractivity contribution >= 4 is 33.2 Å². The van der Waals surface area contributed by atoms with E-state index in [1.54, 1.807) is 12.0 Å². The molecule has 1 aliphatic rings. The second-order valence-electron chi connectivity index (χ2n) is 4.35. The average molecular weight is 313 g/mol. The number of fused-ring (bicyclic) bond motifs is 1. The lowest BCUT2D eigenvalue weighted by Crippen LogP contribution is -2.44. The number of ether oxygens (including phenoxy) is 1. The van der Waals surface area contributed by atoms with E-state index in [1.807, 2.05) is 19.2 Å². The summed E-state index contributed by atoms with van der Waals surface area (Å²) in [6.07, 6.45) is 0.916. The minimum absolute atomic E-state index is 0.127. The van der Waals surface area contributed by atoms with Gasteiger partial charge >= 0.3 is 0 Å². The van der Waals surface area contributed by atoms with Crippen LogP contribution in [0, 0.1) is 0 Å². The molecule has 5 heteroatoms. The number of amides is 1. The van der Waals surface area contributed by atoms with Crippen LogP contribution < -0.4 is 9.80 Å². The summed E-state index contributed by atoms with van der Waals surface area (Å²) in [7, 11) is 3.52. The van der Waals surface area contributed by atoms with Gasteiger partial charge in [-0.05, 0) is 24.6 Å². The minimum Gasteiger partial charge on any atom is -0.385 e. The van der Waals surface area contributed by atoms with Crippen LogP contribution >= 0.6 is 15.9 Å². The second-order valence-corrected chi connectivity index (χ2v) is 5.27. The van der Waals surface area contributed by atoms with Crippen molar-refractivity contribution < 1.29 is 9.53 Å². The number of carbonyl (C=O) groups is 1. The normalized spacial score (nSPS) is 14.9. The first kappa shape index (κ1) is 13.4. The lowest BCUT2D eigenvalue weighted by molar-refractivity contribution is -0.117. The molecule has 1 heterocycles. The molecule has 0 aliphatic carbocycles. The van der Waals surface area contributed by atoms with Gasteiger partial charge in [0.1, 0.15) is 0 Å². The Morgan fingerprint density at radius 1 is 1.39 bits per heavy atom. The lowest BCUT2D eigenvalue weighted by atomic mass is 10.1. The summed E-state index contributed by atoms with van der Waals surface area (Å²) in [5.74, 6) is 0.127. The van der Waals surface area contributed by atoms with Crippen LogP contribution in [0.1, 0.15) is 6.42 Å². The molecule has 98 valence electrons. The molecule has 0 unspecified atom stereocenters. The van der Waals surface area contributed by atoms with Gasteiger partial charge in [-0.2, -0.15) is 0 Å². The van der Waals surface area contributed by atoms with Crippen LogP contribution in [0.5, 0.6) is 0 Å². The van der Waals surface area contributed by atoms with Crippen LogP contribution in [-0.2, 0) is 9.53 Å². The first-order valence-electron chi connectivity index (χ1n) is 5.93. The van der Waals surface area contributed by atoms with Crippen molar-refractivity contribution in [3.8, 4) is 0 Å². The van der Waals surface area contributed by atoms with Crippen molar-refractivity contribution in [2.45, 2.75) is 6.42 Å². The maximum absolute atomic E-state index is 11.9. The maximum atomic E-state index is 11.9. The van der Waals surface area contributed by atoms with Gasteiger partial charge in [0.25, 0.3) is 0 Å². The van der Waals surface area contributed by atoms with Crippen molar-refractivity contribution in [1.29, 1.82) is 0 Å². The van der Waals surface area contributed by atoms with Gasteiger partial charge in [0.05, 0.1) is 17.9 Å². The van der Waals surface area contributed by atoms with Crippen molar-refractivity contribution in [2.75, 3.05) is 43.7 Å². The van der Waals surface area contributed by atoms with Crippen molar-refractivity contribution in [3.63, 3.8) is 0 Å². The first-order chi connectivity index (χ1) is 8.63. The van der Waals surface area contributed by atoms with E-state index in [0.29, 0.717) is 13.2 Å². The van der Waals surface area contributed by atoms with E-state index < -0.39 is 0 Å². The van der Waals surface area contributed by atoms with Crippen LogP contribution in [0.3, 0.4) is 0 Å². The Balaban J connectivity index is 2.25. The zero-order chi connectivity index (χ0) is 13.1. The van der Waals surface area contributed by atoms with Gasteiger partial charge in [-0.25, -0.2) is 0 Å². The third-order valence-corrected chi connectivity index (χ3v) is 3.61. The lowest BCUT2D eigenvalue weighted by Gasteiger charge is -2.35. The average Bonchev–Trinajstić information content (AvgIpc) is 2.35. The first-order valence-corrected chi connectivity index (χ1v) is 6.73. The fraction of sp³-hybridized carbons (Fsp3) is 0.462. The maximum Gasteiger partial charge on any atom is 0.246 e. The Bertz CT molecular complexity index is 451. The van der Waals surface area contributed by atoms with E-state index in [2.05, 4.69) is 26.9 Å². The fourth-order valence-corrected chi connectivity index (χ4v) is 2.47. The Morgan fingerprint density at radius 3 is 2.89 bits per heavy atom. The third kappa shape index (κ3) is 2.67. The monoisotopic (exact) mass is 312 g/mol. The molecule has 0 aromatic heterocycles. The molecule has 0 saturated carbocycles. The van der Waals surface area contributed by atoms with Crippen LogP contribution in [0.2, 0.25) is 0 Å². The molecule has 4 nitrogen and oxygen atoms in total. The van der Waals surface area contributed by atoms with Gasteiger partial charge in [-0.1, -0.05) is 15.9 Å².